The number of likely N-dealkylation sites (tertiary alicyclic amines) is 1. The number of hydrogen-bond donors (Lipinski definition) is 1. The number of anilines is 1. The molecule has 10 nitrogen and oxygen atoms in total. The number of carbonyl (C=O) groups is 3. The standard InChI is InChI=1S/C31H47N5O5/c1-19(2)26(17-22(7)30(38)35-16-14-23-12-13-24(36(40)41)18-27(23)35)33(8)31(39)28(20(3)4)32-29(37)25-11-9-10-15-34(25)21(5)6/h12-13,17-21,25-26,28H,9-11,14-16H2,1-8H3,(H,32,37)/b22-17+/t25-,26-,28+/m1/s1. The molecule has 1 N–H and O–H groups in total. The van der Waals surface area contributed by atoms with E-state index in [2.05, 4.69) is 24.1 Å². The van der Waals surface area contributed by atoms with E-state index in [0.29, 0.717) is 24.2 Å². The lowest BCUT2D eigenvalue weighted by molar-refractivity contribution is -0.384. The van der Waals surface area contributed by atoms with Crippen LogP contribution in [0.4, 0.5) is 11.4 Å². The second-order valence-corrected chi connectivity index (χ2v) is 12.4. The molecule has 1 aromatic rings. The van der Waals surface area contributed by atoms with Crippen LogP contribution in [0, 0.1) is 22.0 Å². The van der Waals surface area contributed by atoms with Crippen molar-refractivity contribution >= 4 is 29.1 Å². The largest absolute Gasteiger partial charge is 0.343 e. The molecule has 0 unspecified atom stereocenters. The minimum Gasteiger partial charge on any atom is -0.343 e. The molecule has 41 heavy (non-hydrogen) atoms. The molecule has 3 atom stereocenters. The number of non-ortho nitro benzene ring substituents is 1. The van der Waals surface area contributed by atoms with Crippen LogP contribution in [0.1, 0.15) is 73.3 Å². The quantitative estimate of drug-likeness (QED) is 0.255. The molecule has 2 heterocycles. The van der Waals surface area contributed by atoms with Crippen LogP contribution in [0.3, 0.4) is 0 Å². The zero-order chi connectivity index (χ0) is 30.6. The minimum absolute atomic E-state index is 0.00283. The molecule has 0 spiro atoms. The molecule has 3 amide bonds. The highest BCUT2D eigenvalue weighted by molar-refractivity contribution is 6.06. The molecule has 0 saturated carbocycles. The van der Waals surface area contributed by atoms with Gasteiger partial charge in [0.2, 0.25) is 11.8 Å². The first-order valence-electron chi connectivity index (χ1n) is 14.8. The molecule has 1 saturated heterocycles. The summed E-state index contributed by atoms with van der Waals surface area (Å²) in [6.45, 7) is 15.1. The summed E-state index contributed by atoms with van der Waals surface area (Å²) in [5.74, 6) is -0.671. The zero-order valence-electron chi connectivity index (χ0n) is 25.8. The van der Waals surface area contributed by atoms with Gasteiger partial charge in [-0.05, 0) is 64.0 Å². The van der Waals surface area contributed by atoms with Gasteiger partial charge >= 0.3 is 0 Å². The van der Waals surface area contributed by atoms with Crippen LogP contribution in [-0.4, -0.2) is 76.7 Å². The number of nitrogens with one attached hydrogen (secondary N) is 1. The Balaban J connectivity index is 1.80. The number of fused-ring (bicyclic) bond motifs is 1. The van der Waals surface area contributed by atoms with Gasteiger partial charge in [-0.3, -0.25) is 29.4 Å². The predicted molar refractivity (Wildman–Crippen MR) is 161 cm³/mol. The van der Waals surface area contributed by atoms with Gasteiger partial charge in [0.05, 0.1) is 22.7 Å². The second-order valence-electron chi connectivity index (χ2n) is 12.4. The molecule has 2 aliphatic rings. The van der Waals surface area contributed by atoms with Gasteiger partial charge < -0.3 is 15.1 Å². The maximum absolute atomic E-state index is 13.8. The van der Waals surface area contributed by atoms with E-state index in [9.17, 15) is 24.5 Å². The summed E-state index contributed by atoms with van der Waals surface area (Å²) < 4.78 is 0. The molecule has 0 aromatic heterocycles. The zero-order valence-corrected chi connectivity index (χ0v) is 25.8. The molecule has 0 aliphatic carbocycles. The first-order valence-corrected chi connectivity index (χ1v) is 14.8. The highest BCUT2D eigenvalue weighted by Gasteiger charge is 2.36. The molecule has 0 radical (unpaired) electrons. The molecular weight excluding hydrogens is 522 g/mol. The van der Waals surface area contributed by atoms with Crippen molar-refractivity contribution in [3.63, 3.8) is 0 Å². The summed E-state index contributed by atoms with van der Waals surface area (Å²) in [5, 5.41) is 14.4. The number of benzene rings is 1. The number of nitro groups is 1. The van der Waals surface area contributed by atoms with E-state index in [0.717, 1.165) is 31.4 Å². The number of nitro benzene ring substituents is 1. The van der Waals surface area contributed by atoms with E-state index in [4.69, 9.17) is 0 Å². The maximum Gasteiger partial charge on any atom is 0.271 e. The summed E-state index contributed by atoms with van der Waals surface area (Å²) in [4.78, 5) is 57.0. The van der Waals surface area contributed by atoms with Crippen LogP contribution < -0.4 is 10.2 Å². The molecular formula is C31H47N5O5. The van der Waals surface area contributed by atoms with Gasteiger partial charge in [0.15, 0.2) is 0 Å². The molecule has 1 aromatic carbocycles. The molecule has 226 valence electrons. The number of carbonyl (C=O) groups excluding carboxylic acids is 3. The van der Waals surface area contributed by atoms with E-state index in [1.54, 1.807) is 35.9 Å². The highest BCUT2D eigenvalue weighted by atomic mass is 16.6. The first kappa shape index (κ1) is 32.2. The van der Waals surface area contributed by atoms with Crippen LogP contribution in [0.2, 0.25) is 0 Å². The Morgan fingerprint density at radius 1 is 1.07 bits per heavy atom. The third-order valence-corrected chi connectivity index (χ3v) is 8.40. The van der Waals surface area contributed by atoms with E-state index in [1.165, 1.54) is 12.1 Å². The summed E-state index contributed by atoms with van der Waals surface area (Å²) in [7, 11) is 1.72. The molecule has 10 heteroatoms. The van der Waals surface area contributed by atoms with Crippen molar-refractivity contribution in [2.75, 3.05) is 25.0 Å². The highest BCUT2D eigenvalue weighted by Crippen LogP contribution is 2.33. The summed E-state index contributed by atoms with van der Waals surface area (Å²) in [6, 6.07) is 3.53. The van der Waals surface area contributed by atoms with Crippen LogP contribution in [0.25, 0.3) is 0 Å². The summed E-state index contributed by atoms with van der Waals surface area (Å²) in [6.07, 6.45) is 5.27. The summed E-state index contributed by atoms with van der Waals surface area (Å²) >= 11 is 0. The normalized spacial score (nSPS) is 19.3. The van der Waals surface area contributed by atoms with Crippen LogP contribution in [-0.2, 0) is 20.8 Å². The van der Waals surface area contributed by atoms with E-state index in [-0.39, 0.29) is 47.3 Å². The van der Waals surface area contributed by atoms with Crippen LogP contribution in [0.5, 0.6) is 0 Å². The summed E-state index contributed by atoms with van der Waals surface area (Å²) in [5.41, 5.74) is 1.86. The molecule has 3 rings (SSSR count). The lowest BCUT2D eigenvalue weighted by Gasteiger charge is -2.39. The number of hydrogen-bond acceptors (Lipinski definition) is 6. The van der Waals surface area contributed by atoms with Gasteiger partial charge in [-0.15, -0.1) is 0 Å². The van der Waals surface area contributed by atoms with E-state index < -0.39 is 17.0 Å². The van der Waals surface area contributed by atoms with Crippen molar-refractivity contribution in [2.45, 2.75) is 98.3 Å². The van der Waals surface area contributed by atoms with Crippen LogP contribution >= 0.6 is 0 Å². The van der Waals surface area contributed by atoms with E-state index >= 15 is 0 Å². The van der Waals surface area contributed by atoms with Gasteiger partial charge in [0.1, 0.15) is 6.04 Å². The Hall–Kier alpha value is -3.27. The maximum atomic E-state index is 13.8. The Morgan fingerprint density at radius 2 is 1.76 bits per heavy atom. The Labute approximate surface area is 244 Å². The molecule has 1 fully saturated rings. The van der Waals surface area contributed by atoms with Gasteiger partial charge in [-0.1, -0.05) is 46.3 Å². The number of nitrogens with zero attached hydrogens (tertiary/aromatic N) is 4. The average Bonchev–Trinajstić information content (AvgIpc) is 3.36. The van der Waals surface area contributed by atoms with Crippen molar-refractivity contribution < 1.29 is 19.3 Å². The van der Waals surface area contributed by atoms with E-state index in [1.807, 2.05) is 27.7 Å². The fourth-order valence-electron chi connectivity index (χ4n) is 5.97. The average molecular weight is 570 g/mol. The minimum atomic E-state index is -0.694. The van der Waals surface area contributed by atoms with Gasteiger partial charge in [-0.2, -0.15) is 0 Å². The second kappa shape index (κ2) is 13.6. The SMILES string of the molecule is C/C(=C\[C@H](C(C)C)N(C)C(=O)[C@@H](NC(=O)[C@H]1CCCCN1C(C)C)C(C)C)C(=O)N1CCc2ccc([N+](=O)[O-])cc21. The number of piperidine rings is 1. The Morgan fingerprint density at radius 3 is 2.34 bits per heavy atom. The number of amides is 3. The third-order valence-electron chi connectivity index (χ3n) is 8.40. The first-order chi connectivity index (χ1) is 19.2. The smallest absolute Gasteiger partial charge is 0.271 e. The Bertz CT molecular complexity index is 1180. The van der Waals surface area contributed by atoms with Crippen molar-refractivity contribution in [1.82, 2.24) is 15.1 Å². The Kier molecular flexibility index (Phi) is 10.7. The van der Waals surface area contributed by atoms with Crippen molar-refractivity contribution in [2.24, 2.45) is 11.8 Å². The monoisotopic (exact) mass is 569 g/mol. The van der Waals surface area contributed by atoms with Gasteiger partial charge in [0.25, 0.3) is 11.6 Å². The van der Waals surface area contributed by atoms with Crippen molar-refractivity contribution in [3.8, 4) is 0 Å². The number of rotatable bonds is 10. The molecule has 2 aliphatic heterocycles. The third kappa shape index (κ3) is 7.33. The molecule has 0 bridgehead atoms. The fourth-order valence-corrected chi connectivity index (χ4v) is 5.97. The number of likely N-dealkylation sites (N-methyl/N-ethyl adjacent to an activating group) is 1. The lowest BCUT2D eigenvalue weighted by atomic mass is 9.95. The predicted octanol–water partition coefficient (Wildman–Crippen LogP) is 4.32. The van der Waals surface area contributed by atoms with Gasteiger partial charge in [-0.25, -0.2) is 0 Å². The fraction of sp³-hybridized carbons (Fsp3) is 0.645. The van der Waals surface area contributed by atoms with Crippen molar-refractivity contribution in [1.29, 1.82) is 0 Å². The topological polar surface area (TPSA) is 116 Å². The van der Waals surface area contributed by atoms with Crippen molar-refractivity contribution in [3.05, 3.63) is 45.5 Å². The van der Waals surface area contributed by atoms with Crippen LogP contribution in [0.15, 0.2) is 29.8 Å². The van der Waals surface area contributed by atoms with Gasteiger partial charge in [0, 0.05) is 37.3 Å². The lowest BCUT2D eigenvalue weighted by Crippen LogP contribution is -2.58.